The summed E-state index contributed by atoms with van der Waals surface area (Å²) in [6.07, 6.45) is 6.03. The molecule has 2 saturated heterocycles. The SMILES string of the molecule is CCC(=O)CCCCC[C@@H]1NC(=O)[C@H]2CCCCN2C(=O)[C@H](C(C)CC)NC(=O)/C(=C/C2c3ccccc3N(OC)C2O)NC1=O. The number of benzene rings is 1. The first kappa shape index (κ1) is 35.1. The summed E-state index contributed by atoms with van der Waals surface area (Å²) in [4.78, 5) is 74.4. The lowest BCUT2D eigenvalue weighted by Gasteiger charge is -2.39. The monoisotopic (exact) mass is 639 g/mol. The van der Waals surface area contributed by atoms with Gasteiger partial charge in [-0.2, -0.15) is 0 Å². The highest BCUT2D eigenvalue weighted by Gasteiger charge is 2.41. The molecule has 0 spiro atoms. The van der Waals surface area contributed by atoms with Crippen molar-refractivity contribution in [1.82, 2.24) is 20.9 Å². The Morgan fingerprint density at radius 2 is 1.83 bits per heavy atom. The molecule has 4 amide bonds. The molecule has 0 saturated carbocycles. The van der Waals surface area contributed by atoms with Crippen molar-refractivity contribution >= 4 is 35.1 Å². The van der Waals surface area contributed by atoms with Gasteiger partial charge in [-0.25, -0.2) is 5.06 Å². The minimum atomic E-state index is -1.19. The molecule has 0 aliphatic carbocycles. The number of hydrogen-bond donors (Lipinski definition) is 4. The van der Waals surface area contributed by atoms with Crippen LogP contribution in [0.15, 0.2) is 36.0 Å². The van der Waals surface area contributed by atoms with Gasteiger partial charge in [0, 0.05) is 19.4 Å². The predicted molar refractivity (Wildman–Crippen MR) is 172 cm³/mol. The molecular formula is C34H49N5O7. The highest BCUT2D eigenvalue weighted by molar-refractivity contribution is 6.02. The maximum absolute atomic E-state index is 14.0. The van der Waals surface area contributed by atoms with Gasteiger partial charge in [0.15, 0.2) is 6.23 Å². The van der Waals surface area contributed by atoms with E-state index >= 15 is 0 Å². The number of hydroxylamine groups is 1. The molecule has 2 fully saturated rings. The van der Waals surface area contributed by atoms with Crippen molar-refractivity contribution in [2.24, 2.45) is 5.92 Å². The van der Waals surface area contributed by atoms with E-state index in [1.807, 2.05) is 32.9 Å². The number of aliphatic hydroxyl groups excluding tert-OH is 1. The third-order valence-corrected chi connectivity index (χ3v) is 9.47. The number of anilines is 1. The molecule has 4 N–H and O–H groups in total. The number of ketones is 1. The standard InChI is InChI=1S/C34H49N5O7/c1-5-21(3)29-34(45)38-19-13-12-18-28(38)32(43)35-25(16-9-7-8-14-22(40)6-2)30(41)36-26(31(42)37-29)20-24-23-15-10-11-17-27(23)39(46-4)33(24)44/h10-11,15,17,20-21,24-25,28-29,33,44H,5-9,12-14,16,18-19H2,1-4H3,(H,35,43)(H,36,41)(H,37,42)/b26-20-/t21?,24?,25-,28+,29-,33?/m0/s1. The van der Waals surface area contributed by atoms with Crippen molar-refractivity contribution in [2.75, 3.05) is 18.7 Å². The van der Waals surface area contributed by atoms with Crippen LogP contribution >= 0.6 is 0 Å². The number of aliphatic hydroxyl groups is 1. The molecule has 1 aromatic rings. The van der Waals surface area contributed by atoms with Gasteiger partial charge in [-0.15, -0.1) is 0 Å². The van der Waals surface area contributed by atoms with Gasteiger partial charge in [0.1, 0.15) is 29.6 Å². The Hall–Kier alpha value is -3.77. The largest absolute Gasteiger partial charge is 0.370 e. The Kier molecular flexibility index (Phi) is 12.3. The van der Waals surface area contributed by atoms with E-state index in [9.17, 15) is 29.1 Å². The zero-order chi connectivity index (χ0) is 33.4. The number of fused-ring (bicyclic) bond motifs is 2. The van der Waals surface area contributed by atoms with E-state index in [4.69, 9.17) is 4.84 Å². The van der Waals surface area contributed by atoms with Crippen molar-refractivity contribution in [1.29, 1.82) is 0 Å². The topological polar surface area (TPSA) is 157 Å². The molecule has 3 aliphatic heterocycles. The number of hydrogen-bond acceptors (Lipinski definition) is 8. The number of carbonyl (C=O) groups excluding carboxylic acids is 5. The minimum Gasteiger partial charge on any atom is -0.370 e. The highest BCUT2D eigenvalue weighted by Crippen LogP contribution is 2.41. The molecule has 12 heteroatoms. The van der Waals surface area contributed by atoms with Gasteiger partial charge in [0.2, 0.25) is 17.7 Å². The maximum atomic E-state index is 14.0. The number of nitrogens with zero attached hydrogens (tertiary/aromatic N) is 2. The lowest BCUT2D eigenvalue weighted by molar-refractivity contribution is -0.147. The molecule has 252 valence electrons. The number of unbranched alkanes of at least 4 members (excludes halogenated alkanes) is 2. The summed E-state index contributed by atoms with van der Waals surface area (Å²) < 4.78 is 0. The van der Waals surface area contributed by atoms with Crippen LogP contribution in [0.1, 0.15) is 96.5 Å². The normalized spacial score (nSPS) is 27.2. The lowest BCUT2D eigenvalue weighted by atomic mass is 9.93. The van der Waals surface area contributed by atoms with Crippen LogP contribution in [0.25, 0.3) is 0 Å². The zero-order valence-corrected chi connectivity index (χ0v) is 27.4. The maximum Gasteiger partial charge on any atom is 0.268 e. The first-order valence-electron chi connectivity index (χ1n) is 16.7. The Bertz CT molecular complexity index is 1320. The van der Waals surface area contributed by atoms with Crippen molar-refractivity contribution in [3.63, 3.8) is 0 Å². The molecular weight excluding hydrogens is 590 g/mol. The van der Waals surface area contributed by atoms with Crippen molar-refractivity contribution in [2.45, 2.75) is 115 Å². The Labute approximate surface area is 271 Å². The van der Waals surface area contributed by atoms with E-state index < -0.39 is 48.0 Å². The second kappa shape index (κ2) is 16.2. The second-order valence-electron chi connectivity index (χ2n) is 12.5. The Morgan fingerprint density at radius 3 is 2.54 bits per heavy atom. The highest BCUT2D eigenvalue weighted by atomic mass is 16.7. The van der Waals surface area contributed by atoms with Crippen LogP contribution in [0.2, 0.25) is 0 Å². The van der Waals surface area contributed by atoms with E-state index in [0.717, 1.165) is 12.8 Å². The number of piperidine rings is 1. The first-order chi connectivity index (χ1) is 22.1. The number of rotatable bonds is 11. The van der Waals surface area contributed by atoms with Gasteiger partial charge in [-0.3, -0.25) is 28.8 Å². The van der Waals surface area contributed by atoms with E-state index in [-0.39, 0.29) is 29.7 Å². The Balaban J connectivity index is 1.70. The van der Waals surface area contributed by atoms with Gasteiger partial charge < -0.3 is 26.0 Å². The molecule has 3 heterocycles. The molecule has 0 aromatic heterocycles. The van der Waals surface area contributed by atoms with Crippen LogP contribution in [0, 0.1) is 5.92 Å². The summed E-state index contributed by atoms with van der Waals surface area (Å²) >= 11 is 0. The number of amides is 4. The van der Waals surface area contributed by atoms with E-state index in [1.54, 1.807) is 17.0 Å². The van der Waals surface area contributed by atoms with Gasteiger partial charge in [0.05, 0.1) is 18.7 Å². The third-order valence-electron chi connectivity index (χ3n) is 9.47. The van der Waals surface area contributed by atoms with Crippen LogP contribution in [-0.4, -0.2) is 77.4 Å². The van der Waals surface area contributed by atoms with Gasteiger partial charge in [-0.05, 0) is 55.7 Å². The van der Waals surface area contributed by atoms with Crippen molar-refractivity contribution in [3.05, 3.63) is 41.6 Å². The second-order valence-corrected chi connectivity index (χ2v) is 12.5. The van der Waals surface area contributed by atoms with Crippen LogP contribution in [0.5, 0.6) is 0 Å². The fourth-order valence-electron chi connectivity index (χ4n) is 6.48. The fraction of sp³-hybridized carbons (Fsp3) is 0.618. The molecule has 3 aliphatic rings. The molecule has 4 rings (SSSR count). The number of carbonyl (C=O) groups is 5. The fourth-order valence-corrected chi connectivity index (χ4v) is 6.48. The quantitative estimate of drug-likeness (QED) is 0.213. The molecule has 12 nitrogen and oxygen atoms in total. The molecule has 46 heavy (non-hydrogen) atoms. The smallest absolute Gasteiger partial charge is 0.268 e. The summed E-state index contributed by atoms with van der Waals surface area (Å²) in [6.45, 7) is 6.00. The summed E-state index contributed by atoms with van der Waals surface area (Å²) in [5, 5.41) is 21.0. The zero-order valence-electron chi connectivity index (χ0n) is 27.4. The van der Waals surface area contributed by atoms with Crippen molar-refractivity contribution in [3.8, 4) is 0 Å². The van der Waals surface area contributed by atoms with Crippen molar-refractivity contribution < 1.29 is 33.9 Å². The van der Waals surface area contributed by atoms with Gasteiger partial charge in [-0.1, -0.05) is 58.2 Å². The third kappa shape index (κ3) is 7.95. The van der Waals surface area contributed by atoms with Crippen LogP contribution < -0.4 is 21.0 Å². The molecule has 3 unspecified atom stereocenters. The average Bonchev–Trinajstić information content (AvgIpc) is 3.34. The van der Waals surface area contributed by atoms with Crippen LogP contribution in [0.3, 0.4) is 0 Å². The number of para-hydroxylation sites is 1. The van der Waals surface area contributed by atoms with E-state index in [0.29, 0.717) is 62.7 Å². The molecule has 6 atom stereocenters. The average molecular weight is 640 g/mol. The summed E-state index contributed by atoms with van der Waals surface area (Å²) in [7, 11) is 1.43. The molecule has 1 aromatic carbocycles. The van der Waals surface area contributed by atoms with Crippen LogP contribution in [-0.2, 0) is 28.8 Å². The predicted octanol–water partition coefficient (Wildman–Crippen LogP) is 2.81. The number of nitrogens with one attached hydrogen (secondary N) is 3. The minimum absolute atomic E-state index is 0.133. The van der Waals surface area contributed by atoms with E-state index in [1.165, 1.54) is 18.2 Å². The lowest BCUT2D eigenvalue weighted by Crippen LogP contribution is -2.62. The molecule has 0 bridgehead atoms. The molecule has 0 radical (unpaired) electrons. The van der Waals surface area contributed by atoms with Gasteiger partial charge >= 0.3 is 0 Å². The summed E-state index contributed by atoms with van der Waals surface area (Å²) in [5.74, 6) is -2.79. The first-order valence-corrected chi connectivity index (χ1v) is 16.7. The summed E-state index contributed by atoms with van der Waals surface area (Å²) in [5.41, 5.74) is 1.18. The van der Waals surface area contributed by atoms with Gasteiger partial charge in [0.25, 0.3) is 5.91 Å². The Morgan fingerprint density at radius 1 is 1.07 bits per heavy atom. The van der Waals surface area contributed by atoms with E-state index in [2.05, 4.69) is 16.0 Å². The number of Topliss-reactive ketones (excluding diaryl/α,β-unsaturated/α-hetero) is 1. The van der Waals surface area contributed by atoms with Crippen LogP contribution in [0.4, 0.5) is 5.69 Å². The summed E-state index contributed by atoms with van der Waals surface area (Å²) in [6, 6.07) is 4.55.